The van der Waals surface area contributed by atoms with Crippen LogP contribution in [0.2, 0.25) is 0 Å². The van der Waals surface area contributed by atoms with Crippen LogP contribution in [-0.4, -0.2) is 19.0 Å². The highest BCUT2D eigenvalue weighted by atomic mass is 16.7. The fraction of sp³-hybridized carbons (Fsp3) is 0.833. The number of nitriles is 2. The number of hydrogen-bond acceptors (Lipinski definition) is 4. The molecule has 0 bridgehead atoms. The number of nitrogens with zero attached hydrogens (tertiary/aromatic N) is 2. The molecule has 0 aromatic heterocycles. The second-order valence-electron chi connectivity index (χ2n) is 5.20. The third-order valence-electron chi connectivity index (χ3n) is 3.95. The van der Waals surface area contributed by atoms with Crippen molar-refractivity contribution in [3.8, 4) is 12.1 Å². The van der Waals surface area contributed by atoms with E-state index in [1.807, 2.05) is 13.8 Å². The first-order chi connectivity index (χ1) is 7.54. The zero-order chi connectivity index (χ0) is 11.8. The SMILES string of the molecule is CC1(C)C(C#N)CC2(CC1C#N)OCCO2. The van der Waals surface area contributed by atoms with Crippen LogP contribution >= 0.6 is 0 Å². The van der Waals surface area contributed by atoms with Gasteiger partial charge in [-0.2, -0.15) is 10.5 Å². The van der Waals surface area contributed by atoms with Crippen molar-refractivity contribution in [3.05, 3.63) is 0 Å². The van der Waals surface area contributed by atoms with Gasteiger partial charge in [-0.15, -0.1) is 0 Å². The first-order valence-electron chi connectivity index (χ1n) is 5.61. The fourth-order valence-electron chi connectivity index (χ4n) is 2.63. The minimum Gasteiger partial charge on any atom is -0.347 e. The molecule has 4 nitrogen and oxygen atoms in total. The van der Waals surface area contributed by atoms with Crippen LogP contribution in [0.1, 0.15) is 26.7 Å². The smallest absolute Gasteiger partial charge is 0.171 e. The van der Waals surface area contributed by atoms with E-state index in [9.17, 15) is 10.5 Å². The van der Waals surface area contributed by atoms with E-state index in [1.54, 1.807) is 0 Å². The lowest BCUT2D eigenvalue weighted by atomic mass is 9.61. The quantitative estimate of drug-likeness (QED) is 0.624. The maximum Gasteiger partial charge on any atom is 0.171 e. The molecule has 0 amide bonds. The Labute approximate surface area is 95.8 Å². The van der Waals surface area contributed by atoms with Gasteiger partial charge in [-0.1, -0.05) is 13.8 Å². The average molecular weight is 220 g/mol. The molecule has 1 aliphatic heterocycles. The summed E-state index contributed by atoms with van der Waals surface area (Å²) in [6, 6.07) is 4.60. The maximum absolute atomic E-state index is 9.21. The van der Waals surface area contributed by atoms with Crippen LogP contribution in [0.15, 0.2) is 0 Å². The van der Waals surface area contributed by atoms with Gasteiger partial charge in [0.15, 0.2) is 5.79 Å². The third-order valence-corrected chi connectivity index (χ3v) is 3.95. The van der Waals surface area contributed by atoms with Gasteiger partial charge in [-0.05, 0) is 5.41 Å². The Morgan fingerprint density at radius 3 is 1.81 bits per heavy atom. The van der Waals surface area contributed by atoms with Gasteiger partial charge in [0.05, 0.1) is 37.2 Å². The van der Waals surface area contributed by atoms with Gasteiger partial charge in [0.25, 0.3) is 0 Å². The molecule has 86 valence electrons. The second kappa shape index (κ2) is 3.73. The van der Waals surface area contributed by atoms with Crippen LogP contribution in [0.4, 0.5) is 0 Å². The van der Waals surface area contributed by atoms with E-state index in [-0.39, 0.29) is 17.3 Å². The molecule has 1 spiro atoms. The second-order valence-corrected chi connectivity index (χ2v) is 5.20. The van der Waals surface area contributed by atoms with Crippen molar-refractivity contribution in [3.63, 3.8) is 0 Å². The van der Waals surface area contributed by atoms with E-state index in [1.165, 1.54) is 0 Å². The van der Waals surface area contributed by atoms with Gasteiger partial charge in [-0.3, -0.25) is 0 Å². The Kier molecular flexibility index (Phi) is 2.66. The fourth-order valence-corrected chi connectivity index (χ4v) is 2.63. The zero-order valence-corrected chi connectivity index (χ0v) is 9.69. The Morgan fingerprint density at radius 1 is 1.00 bits per heavy atom. The molecule has 1 aliphatic carbocycles. The lowest BCUT2D eigenvalue weighted by Crippen LogP contribution is -2.48. The molecule has 1 heterocycles. The summed E-state index contributed by atoms with van der Waals surface area (Å²) >= 11 is 0. The van der Waals surface area contributed by atoms with Gasteiger partial charge in [0.1, 0.15) is 0 Å². The van der Waals surface area contributed by atoms with Crippen molar-refractivity contribution in [2.45, 2.75) is 32.5 Å². The molecule has 2 fully saturated rings. The summed E-state index contributed by atoms with van der Waals surface area (Å²) < 4.78 is 11.2. The molecule has 2 aliphatic rings. The van der Waals surface area contributed by atoms with Crippen molar-refractivity contribution in [2.75, 3.05) is 13.2 Å². The van der Waals surface area contributed by atoms with Gasteiger partial charge >= 0.3 is 0 Å². The lowest BCUT2D eigenvalue weighted by Gasteiger charge is -2.45. The highest BCUT2D eigenvalue weighted by molar-refractivity contribution is 5.10. The molecule has 2 unspecified atom stereocenters. The van der Waals surface area contributed by atoms with E-state index in [2.05, 4.69) is 12.1 Å². The Hall–Kier alpha value is -1.10. The zero-order valence-electron chi connectivity index (χ0n) is 9.69. The monoisotopic (exact) mass is 220 g/mol. The van der Waals surface area contributed by atoms with Crippen molar-refractivity contribution in [2.24, 2.45) is 17.3 Å². The number of ether oxygens (including phenoxy) is 2. The summed E-state index contributed by atoms with van der Waals surface area (Å²) in [6.07, 6.45) is 1.16. The number of hydrogen-bond donors (Lipinski definition) is 0. The summed E-state index contributed by atoms with van der Waals surface area (Å²) in [5.41, 5.74) is -0.288. The largest absolute Gasteiger partial charge is 0.347 e. The van der Waals surface area contributed by atoms with Crippen LogP contribution in [0.3, 0.4) is 0 Å². The van der Waals surface area contributed by atoms with Crippen molar-refractivity contribution in [1.29, 1.82) is 10.5 Å². The molecule has 4 heteroatoms. The van der Waals surface area contributed by atoms with Crippen LogP contribution in [0, 0.1) is 39.9 Å². The molecule has 1 saturated heterocycles. The predicted octanol–water partition coefficient (Wildman–Crippen LogP) is 1.83. The molecule has 0 aromatic rings. The predicted molar refractivity (Wildman–Crippen MR) is 55.9 cm³/mol. The lowest BCUT2D eigenvalue weighted by molar-refractivity contribution is -0.207. The standard InChI is InChI=1S/C12H16N2O2/c1-11(2)9(7-13)5-12(6-10(11)8-14)15-3-4-16-12/h9-10H,3-6H2,1-2H3. The molecule has 0 N–H and O–H groups in total. The normalized spacial score (nSPS) is 35.5. The molecular weight excluding hydrogens is 204 g/mol. The van der Waals surface area contributed by atoms with E-state index in [4.69, 9.17) is 9.47 Å². The van der Waals surface area contributed by atoms with Gasteiger partial charge < -0.3 is 9.47 Å². The molecule has 2 rings (SSSR count). The number of rotatable bonds is 0. The summed E-state index contributed by atoms with van der Waals surface area (Å²) in [7, 11) is 0. The van der Waals surface area contributed by atoms with Crippen molar-refractivity contribution < 1.29 is 9.47 Å². The molecule has 16 heavy (non-hydrogen) atoms. The molecular formula is C12H16N2O2. The van der Waals surface area contributed by atoms with Crippen LogP contribution in [0.25, 0.3) is 0 Å². The van der Waals surface area contributed by atoms with E-state index in [0.29, 0.717) is 26.1 Å². The summed E-state index contributed by atoms with van der Waals surface area (Å²) in [4.78, 5) is 0. The Morgan fingerprint density at radius 2 is 1.44 bits per heavy atom. The first-order valence-corrected chi connectivity index (χ1v) is 5.61. The third kappa shape index (κ3) is 1.59. The van der Waals surface area contributed by atoms with E-state index in [0.717, 1.165) is 0 Å². The van der Waals surface area contributed by atoms with E-state index >= 15 is 0 Å². The Balaban J connectivity index is 2.28. The van der Waals surface area contributed by atoms with Gasteiger partial charge in [0, 0.05) is 12.8 Å². The Bertz CT molecular complexity index is 330. The summed E-state index contributed by atoms with van der Waals surface area (Å²) in [6.45, 7) is 5.10. The van der Waals surface area contributed by atoms with Gasteiger partial charge in [-0.25, -0.2) is 0 Å². The highest BCUT2D eigenvalue weighted by Crippen LogP contribution is 2.50. The van der Waals surface area contributed by atoms with Crippen LogP contribution in [-0.2, 0) is 9.47 Å². The summed E-state index contributed by atoms with van der Waals surface area (Å²) in [5.74, 6) is -1.05. The van der Waals surface area contributed by atoms with Gasteiger partial charge in [0.2, 0.25) is 0 Å². The molecule has 0 radical (unpaired) electrons. The molecule has 2 atom stereocenters. The van der Waals surface area contributed by atoms with E-state index < -0.39 is 5.79 Å². The molecule has 0 aromatic carbocycles. The molecule has 1 saturated carbocycles. The first kappa shape index (κ1) is 11.4. The summed E-state index contributed by atoms with van der Waals surface area (Å²) in [5, 5.41) is 18.4. The highest BCUT2D eigenvalue weighted by Gasteiger charge is 2.53. The maximum atomic E-state index is 9.21. The topological polar surface area (TPSA) is 66.0 Å². The van der Waals surface area contributed by atoms with Crippen LogP contribution in [0.5, 0.6) is 0 Å². The van der Waals surface area contributed by atoms with Crippen molar-refractivity contribution in [1.82, 2.24) is 0 Å². The minimum atomic E-state index is -0.670. The van der Waals surface area contributed by atoms with Crippen molar-refractivity contribution >= 4 is 0 Å². The minimum absolute atomic E-state index is 0.191. The van der Waals surface area contributed by atoms with Crippen LogP contribution < -0.4 is 0 Å². The average Bonchev–Trinajstić information content (AvgIpc) is 2.70.